The Balaban J connectivity index is 0.000000414. The number of aryl methyl sites for hydroxylation is 1. The molecule has 0 saturated carbocycles. The van der Waals surface area contributed by atoms with Gasteiger partial charge in [-0.15, -0.1) is 0 Å². The molecule has 3 aromatic rings. The molecule has 4 nitrogen and oxygen atoms in total. The normalized spacial score (nSPS) is 9.41. The molecule has 0 aliphatic rings. The summed E-state index contributed by atoms with van der Waals surface area (Å²) < 4.78 is 0. The van der Waals surface area contributed by atoms with E-state index in [2.05, 4.69) is 40.7 Å². The van der Waals surface area contributed by atoms with Crippen LogP contribution in [0.5, 0.6) is 0 Å². The van der Waals surface area contributed by atoms with Crippen LogP contribution in [-0.2, 0) is 0 Å². The Morgan fingerprint density at radius 3 is 1.93 bits per heavy atom. The van der Waals surface area contributed by atoms with Crippen molar-refractivity contribution in [3.8, 4) is 0 Å². The first-order valence-electron chi connectivity index (χ1n) is 9.36. The lowest BCUT2D eigenvalue weighted by molar-refractivity contribution is 0.864. The summed E-state index contributed by atoms with van der Waals surface area (Å²) >= 11 is 0. The molecule has 146 valence electrons. The zero-order chi connectivity index (χ0) is 20.5. The lowest BCUT2D eigenvalue weighted by Gasteiger charge is -1.97. The highest BCUT2D eigenvalue weighted by Crippen LogP contribution is 2.20. The zero-order valence-electron chi connectivity index (χ0n) is 17.5. The maximum atomic E-state index is 5.52. The lowest BCUT2D eigenvalue weighted by atomic mass is 10.1. The van der Waals surface area contributed by atoms with Crippen molar-refractivity contribution in [2.45, 2.75) is 27.7 Å². The minimum atomic E-state index is 0.868. The summed E-state index contributed by atoms with van der Waals surface area (Å²) in [6.07, 6.45) is 0. The SMILES string of the molecule is CC.CCNC.CN=Nc1ccc2ccccc2c1.Cc1ccccc1N. The number of rotatable bonds is 2. The molecule has 0 radical (unpaired) electrons. The summed E-state index contributed by atoms with van der Waals surface area (Å²) in [4.78, 5) is 0. The number of nitrogen functional groups attached to an aromatic ring is 1. The molecule has 0 heterocycles. The van der Waals surface area contributed by atoms with Crippen LogP contribution in [0, 0.1) is 6.92 Å². The molecule has 0 bridgehead atoms. The van der Waals surface area contributed by atoms with Crippen molar-refractivity contribution in [3.63, 3.8) is 0 Å². The number of fused-ring (bicyclic) bond motifs is 1. The van der Waals surface area contributed by atoms with Gasteiger partial charge in [0, 0.05) is 12.7 Å². The van der Waals surface area contributed by atoms with Crippen molar-refractivity contribution < 1.29 is 0 Å². The van der Waals surface area contributed by atoms with Crippen LogP contribution in [0.3, 0.4) is 0 Å². The average Bonchev–Trinajstić information content (AvgIpc) is 2.72. The zero-order valence-corrected chi connectivity index (χ0v) is 17.5. The number of hydrogen-bond acceptors (Lipinski definition) is 4. The number of azo groups is 1. The number of nitrogens with zero attached hydrogens (tertiary/aromatic N) is 2. The highest BCUT2D eigenvalue weighted by molar-refractivity contribution is 5.84. The maximum absolute atomic E-state index is 5.52. The Morgan fingerprint density at radius 1 is 0.889 bits per heavy atom. The molecule has 3 N–H and O–H groups in total. The Hall–Kier alpha value is -2.72. The van der Waals surface area contributed by atoms with Gasteiger partial charge in [0.15, 0.2) is 0 Å². The van der Waals surface area contributed by atoms with Gasteiger partial charge < -0.3 is 11.1 Å². The highest BCUT2D eigenvalue weighted by Gasteiger charge is 1.93. The van der Waals surface area contributed by atoms with Crippen LogP contribution in [-0.4, -0.2) is 20.6 Å². The van der Waals surface area contributed by atoms with Crippen molar-refractivity contribution in [1.29, 1.82) is 0 Å². The van der Waals surface area contributed by atoms with Crippen LogP contribution in [0.25, 0.3) is 10.8 Å². The molecule has 3 aromatic carbocycles. The van der Waals surface area contributed by atoms with Crippen molar-refractivity contribution in [3.05, 3.63) is 72.3 Å². The molecule has 27 heavy (non-hydrogen) atoms. The van der Waals surface area contributed by atoms with Crippen molar-refractivity contribution in [2.75, 3.05) is 26.4 Å². The van der Waals surface area contributed by atoms with Crippen LogP contribution in [0.1, 0.15) is 26.3 Å². The van der Waals surface area contributed by atoms with E-state index in [9.17, 15) is 0 Å². The molecule has 0 aliphatic carbocycles. The molecule has 0 aliphatic heterocycles. The highest BCUT2D eigenvalue weighted by atomic mass is 15.1. The third kappa shape index (κ3) is 10.1. The fraction of sp³-hybridized carbons (Fsp3) is 0.304. The van der Waals surface area contributed by atoms with Crippen LogP contribution in [0.2, 0.25) is 0 Å². The van der Waals surface area contributed by atoms with Crippen LogP contribution in [0.15, 0.2) is 77.0 Å². The predicted molar refractivity (Wildman–Crippen MR) is 121 cm³/mol. The first-order chi connectivity index (χ1) is 13.1. The fourth-order valence-electron chi connectivity index (χ4n) is 1.94. The Kier molecular flexibility index (Phi) is 14.0. The van der Waals surface area contributed by atoms with E-state index in [4.69, 9.17) is 5.73 Å². The maximum Gasteiger partial charge on any atom is 0.0858 e. The number of nitrogens with two attached hydrogens (primary N) is 1. The van der Waals surface area contributed by atoms with E-state index >= 15 is 0 Å². The molecule has 0 aromatic heterocycles. The molecule has 0 fully saturated rings. The van der Waals surface area contributed by atoms with Crippen molar-refractivity contribution in [2.24, 2.45) is 10.2 Å². The number of para-hydroxylation sites is 1. The molecule has 0 atom stereocenters. The number of benzene rings is 3. The van der Waals surface area contributed by atoms with Gasteiger partial charge in [-0.25, -0.2) is 0 Å². The van der Waals surface area contributed by atoms with E-state index in [1.165, 1.54) is 10.8 Å². The Morgan fingerprint density at radius 2 is 1.44 bits per heavy atom. The summed E-state index contributed by atoms with van der Waals surface area (Å²) in [5, 5.41) is 13.1. The van der Waals surface area contributed by atoms with Gasteiger partial charge in [-0.05, 0) is 55.1 Å². The van der Waals surface area contributed by atoms with Crippen molar-refractivity contribution in [1.82, 2.24) is 5.32 Å². The van der Waals surface area contributed by atoms with Gasteiger partial charge in [0.05, 0.1) is 5.69 Å². The Bertz CT molecular complexity index is 759. The van der Waals surface area contributed by atoms with E-state index in [1.54, 1.807) is 7.05 Å². The summed E-state index contributed by atoms with van der Waals surface area (Å²) in [6, 6.07) is 22.1. The van der Waals surface area contributed by atoms with E-state index in [1.807, 2.05) is 76.3 Å². The second kappa shape index (κ2) is 15.5. The van der Waals surface area contributed by atoms with Gasteiger partial charge in [-0.2, -0.15) is 10.2 Å². The van der Waals surface area contributed by atoms with Gasteiger partial charge in [0.1, 0.15) is 0 Å². The van der Waals surface area contributed by atoms with Gasteiger partial charge >= 0.3 is 0 Å². The lowest BCUT2D eigenvalue weighted by Crippen LogP contribution is -2.01. The summed E-state index contributed by atoms with van der Waals surface area (Å²) in [5.41, 5.74) is 8.44. The topological polar surface area (TPSA) is 62.8 Å². The second-order valence-electron chi connectivity index (χ2n) is 5.40. The summed E-state index contributed by atoms with van der Waals surface area (Å²) in [6.45, 7) is 9.13. The molecular formula is C23H34N4. The third-order valence-corrected chi connectivity index (χ3v) is 3.49. The molecule has 0 amide bonds. The number of nitrogens with one attached hydrogen (secondary N) is 1. The smallest absolute Gasteiger partial charge is 0.0858 e. The van der Waals surface area contributed by atoms with Gasteiger partial charge in [0.25, 0.3) is 0 Å². The monoisotopic (exact) mass is 366 g/mol. The predicted octanol–water partition coefficient (Wildman–Crippen LogP) is 6.38. The van der Waals surface area contributed by atoms with Crippen LogP contribution >= 0.6 is 0 Å². The first kappa shape index (κ1) is 24.3. The summed E-state index contributed by atoms with van der Waals surface area (Å²) in [5.74, 6) is 0. The second-order valence-corrected chi connectivity index (χ2v) is 5.40. The fourth-order valence-corrected chi connectivity index (χ4v) is 1.94. The summed E-state index contributed by atoms with van der Waals surface area (Å²) in [7, 11) is 3.61. The van der Waals surface area contributed by atoms with Crippen LogP contribution < -0.4 is 11.1 Å². The molecule has 0 spiro atoms. The molecular weight excluding hydrogens is 332 g/mol. The quantitative estimate of drug-likeness (QED) is 0.408. The van der Waals surface area contributed by atoms with Gasteiger partial charge in [-0.3, -0.25) is 0 Å². The molecule has 3 rings (SSSR count). The molecule has 4 heteroatoms. The molecule has 0 saturated heterocycles. The minimum Gasteiger partial charge on any atom is -0.399 e. The third-order valence-electron chi connectivity index (χ3n) is 3.49. The minimum absolute atomic E-state index is 0.868. The van der Waals surface area contributed by atoms with Crippen molar-refractivity contribution >= 4 is 22.1 Å². The van der Waals surface area contributed by atoms with E-state index < -0.39 is 0 Å². The van der Waals surface area contributed by atoms with E-state index in [-0.39, 0.29) is 0 Å². The van der Waals surface area contributed by atoms with Crippen LogP contribution in [0.4, 0.5) is 11.4 Å². The van der Waals surface area contributed by atoms with E-state index in [0.29, 0.717) is 0 Å². The number of anilines is 1. The Labute approximate surface area is 164 Å². The number of hydrogen-bond donors (Lipinski definition) is 2. The first-order valence-corrected chi connectivity index (χ1v) is 9.36. The standard InChI is InChI=1S/C11H10N2.C7H9N.C3H9N.C2H6/c1-12-13-11-7-6-9-4-2-3-5-10(9)8-11;1-6-4-2-3-5-7(6)8;1-3-4-2;1-2/h2-8H,1H3;2-5H,8H2,1H3;4H,3H2,1-2H3;1-2H3. The molecule has 0 unspecified atom stereocenters. The van der Waals surface area contributed by atoms with Gasteiger partial charge in [0.2, 0.25) is 0 Å². The average molecular weight is 367 g/mol. The van der Waals surface area contributed by atoms with E-state index in [0.717, 1.165) is 23.5 Å². The van der Waals surface area contributed by atoms with Gasteiger partial charge in [-0.1, -0.05) is 69.3 Å². The largest absolute Gasteiger partial charge is 0.399 e.